The summed E-state index contributed by atoms with van der Waals surface area (Å²) < 4.78 is 33.1. The molecule has 0 spiro atoms. The molecule has 2 amide bonds. The fourth-order valence-electron chi connectivity index (χ4n) is 4.18. The molecule has 6 N–H and O–H groups in total. The van der Waals surface area contributed by atoms with Crippen molar-refractivity contribution in [2.75, 3.05) is 26.2 Å². The number of hydrogen-bond acceptors (Lipinski definition) is 7. The molecule has 13 heteroatoms. The lowest BCUT2D eigenvalue weighted by Gasteiger charge is -2.33. The first-order chi connectivity index (χ1) is 18.1. The van der Waals surface area contributed by atoms with E-state index in [1.807, 2.05) is 12.1 Å². The van der Waals surface area contributed by atoms with Crippen molar-refractivity contribution in [2.24, 2.45) is 11.7 Å². The van der Waals surface area contributed by atoms with E-state index in [2.05, 4.69) is 15.4 Å². The summed E-state index contributed by atoms with van der Waals surface area (Å²) in [5.41, 5.74) is 5.54. The molecule has 1 aliphatic rings. The number of likely N-dealkylation sites (tertiary alicyclic amines) is 1. The normalized spacial score (nSPS) is 16.4. The Morgan fingerprint density at radius 1 is 1.13 bits per heavy atom. The summed E-state index contributed by atoms with van der Waals surface area (Å²) in [4.78, 5) is 38.9. The van der Waals surface area contributed by atoms with E-state index >= 15 is 0 Å². The minimum atomic E-state index is -4.20. The molecule has 2 aromatic rings. The molecule has 0 unspecified atom stereocenters. The number of piperidine rings is 1. The maximum absolute atomic E-state index is 13.0. The number of benzene rings is 2. The van der Waals surface area contributed by atoms with Gasteiger partial charge in [-0.3, -0.25) is 15.0 Å². The minimum Gasteiger partial charge on any atom is -0.463 e. The van der Waals surface area contributed by atoms with Crippen molar-refractivity contribution >= 4 is 44.5 Å². The molecule has 0 aliphatic carbocycles. The highest BCUT2D eigenvalue weighted by atomic mass is 32.2. The Labute approximate surface area is 221 Å². The van der Waals surface area contributed by atoms with Crippen LogP contribution in [0.3, 0.4) is 0 Å². The molecular weight excluding hydrogens is 512 g/mol. The van der Waals surface area contributed by atoms with Crippen molar-refractivity contribution in [1.29, 1.82) is 5.41 Å². The molecule has 2 aromatic carbocycles. The number of sulfonamides is 1. The first kappa shape index (κ1) is 28.9. The van der Waals surface area contributed by atoms with Gasteiger partial charge < -0.3 is 26.0 Å². The molecule has 0 aromatic heterocycles. The Bertz CT molecular complexity index is 1280. The van der Waals surface area contributed by atoms with Crippen molar-refractivity contribution in [1.82, 2.24) is 20.3 Å². The predicted molar refractivity (Wildman–Crippen MR) is 141 cm³/mol. The number of hydrogen-bond donors (Lipinski definition) is 5. The second kappa shape index (κ2) is 13.2. The van der Waals surface area contributed by atoms with E-state index < -0.39 is 28.1 Å². The van der Waals surface area contributed by atoms with Crippen LogP contribution in [0.25, 0.3) is 10.8 Å². The third-order valence-electron chi connectivity index (χ3n) is 6.16. The zero-order chi connectivity index (χ0) is 27.7. The van der Waals surface area contributed by atoms with Gasteiger partial charge in [-0.2, -0.15) is 4.72 Å². The van der Waals surface area contributed by atoms with Crippen molar-refractivity contribution in [3.63, 3.8) is 0 Å². The second-order valence-electron chi connectivity index (χ2n) is 9.03. The molecule has 0 radical (unpaired) electrons. The maximum Gasteiger partial charge on any atom is 0.344 e. The van der Waals surface area contributed by atoms with Crippen LogP contribution >= 0.6 is 0 Å². The predicted octanol–water partition coefficient (Wildman–Crippen LogP) is 0.625. The highest BCUT2D eigenvalue weighted by Gasteiger charge is 2.29. The number of carbonyl (C=O) groups excluding carboxylic acids is 3. The average Bonchev–Trinajstić information content (AvgIpc) is 2.90. The number of esters is 1. The topological polar surface area (TPSA) is 184 Å². The number of rotatable bonds is 11. The van der Waals surface area contributed by atoms with Crippen LogP contribution in [0, 0.1) is 11.3 Å². The Kier molecular flexibility index (Phi) is 10.0. The van der Waals surface area contributed by atoms with Gasteiger partial charge in [0, 0.05) is 32.5 Å². The van der Waals surface area contributed by atoms with Crippen molar-refractivity contribution < 1.29 is 27.5 Å². The van der Waals surface area contributed by atoms with Crippen LogP contribution in [0.2, 0.25) is 0 Å². The molecule has 12 nitrogen and oxygen atoms in total. The van der Waals surface area contributed by atoms with E-state index in [0.717, 1.165) is 18.2 Å². The second-order valence-corrected chi connectivity index (χ2v) is 10.7. The molecule has 0 saturated carbocycles. The number of ether oxygens (including phenoxy) is 1. The van der Waals surface area contributed by atoms with Crippen molar-refractivity contribution in [3.05, 3.63) is 42.5 Å². The number of fused-ring (bicyclic) bond motifs is 1. The zero-order valence-electron chi connectivity index (χ0n) is 21.2. The summed E-state index contributed by atoms with van der Waals surface area (Å²) in [5, 5.41) is 14.2. The van der Waals surface area contributed by atoms with Crippen molar-refractivity contribution in [3.8, 4) is 0 Å². The first-order valence-electron chi connectivity index (χ1n) is 12.4. The summed E-state index contributed by atoms with van der Waals surface area (Å²) in [6, 6.07) is 11.7. The van der Waals surface area contributed by atoms with Crippen LogP contribution < -0.4 is 21.1 Å². The number of nitrogens with one attached hydrogen (secondary N) is 4. The summed E-state index contributed by atoms with van der Waals surface area (Å²) >= 11 is 0. The molecule has 1 heterocycles. The monoisotopic (exact) mass is 546 g/mol. The number of nitrogens with two attached hydrogens (primary N) is 1. The highest BCUT2D eigenvalue weighted by Crippen LogP contribution is 2.19. The van der Waals surface area contributed by atoms with Gasteiger partial charge in [0.2, 0.25) is 21.8 Å². The lowest BCUT2D eigenvalue weighted by molar-refractivity contribution is -0.147. The summed E-state index contributed by atoms with van der Waals surface area (Å²) in [6.45, 7) is 3.22. The quantitative estimate of drug-likeness (QED) is 0.118. The Morgan fingerprint density at radius 3 is 2.55 bits per heavy atom. The average molecular weight is 547 g/mol. The molecule has 2 atom stereocenters. The van der Waals surface area contributed by atoms with Crippen LogP contribution in [-0.2, 0) is 29.1 Å². The lowest BCUT2D eigenvalue weighted by atomic mass is 9.98. The first-order valence-corrected chi connectivity index (χ1v) is 13.9. The number of nitrogens with zero attached hydrogens (tertiary/aromatic N) is 1. The molecule has 206 valence electrons. The van der Waals surface area contributed by atoms with Gasteiger partial charge in [-0.25, -0.2) is 13.2 Å². The Balaban J connectivity index is 1.55. The number of guanidine groups is 1. The summed E-state index contributed by atoms with van der Waals surface area (Å²) in [6.07, 6.45) is -0.316. The standard InChI is InChI=1S/C25H34N6O6S/c1-2-37-24(34)23(30-38(35,36)20-10-9-18-7-3-4-8-19(18)14-20)29-22(33)12-11-21(32)28-15-17-6-5-13-31(16-17)25(26)27/h3-4,7-10,14,17,23,30H,2,5-6,11-13,15-16H2,1H3,(H3,26,27)(H,28,32)(H,29,33)/t17-,23-/m0/s1. The molecule has 3 rings (SSSR count). The van der Waals surface area contributed by atoms with Gasteiger partial charge in [-0.1, -0.05) is 30.3 Å². The molecule has 0 bridgehead atoms. The summed E-state index contributed by atoms with van der Waals surface area (Å²) in [7, 11) is -4.20. The fourth-order valence-corrected chi connectivity index (χ4v) is 5.31. The van der Waals surface area contributed by atoms with E-state index in [1.54, 1.807) is 30.0 Å². The lowest BCUT2D eigenvalue weighted by Crippen LogP contribution is -2.53. The van der Waals surface area contributed by atoms with Crippen LogP contribution in [-0.4, -0.2) is 69.5 Å². The smallest absolute Gasteiger partial charge is 0.344 e. The van der Waals surface area contributed by atoms with Crippen LogP contribution in [0.5, 0.6) is 0 Å². The summed E-state index contributed by atoms with van der Waals surface area (Å²) in [5.74, 6) is -1.88. The Morgan fingerprint density at radius 2 is 1.84 bits per heavy atom. The van der Waals surface area contributed by atoms with Gasteiger partial charge in [0.25, 0.3) is 0 Å². The van der Waals surface area contributed by atoms with Gasteiger partial charge in [0.15, 0.2) is 12.1 Å². The van der Waals surface area contributed by atoms with Gasteiger partial charge in [0.1, 0.15) is 0 Å². The molecule has 1 saturated heterocycles. The van der Waals surface area contributed by atoms with Crippen LogP contribution in [0.15, 0.2) is 47.4 Å². The largest absolute Gasteiger partial charge is 0.463 e. The van der Waals surface area contributed by atoms with E-state index in [4.69, 9.17) is 15.9 Å². The van der Waals surface area contributed by atoms with Crippen LogP contribution in [0.4, 0.5) is 0 Å². The SMILES string of the molecule is CCOC(=O)[C@@H](NC(=O)CCC(=O)NC[C@@H]1CCCN(C(=N)N)C1)NS(=O)(=O)c1ccc2ccccc2c1. The zero-order valence-corrected chi connectivity index (χ0v) is 22.1. The highest BCUT2D eigenvalue weighted by molar-refractivity contribution is 7.89. The van der Waals surface area contributed by atoms with E-state index in [9.17, 15) is 22.8 Å². The molecular formula is C25H34N6O6S. The minimum absolute atomic E-state index is 0.00471. The fraction of sp³-hybridized carbons (Fsp3) is 0.440. The van der Waals surface area contributed by atoms with Gasteiger partial charge in [-0.15, -0.1) is 0 Å². The van der Waals surface area contributed by atoms with E-state index in [-0.39, 0.29) is 42.1 Å². The molecule has 1 fully saturated rings. The maximum atomic E-state index is 13.0. The van der Waals surface area contributed by atoms with E-state index in [0.29, 0.717) is 25.0 Å². The van der Waals surface area contributed by atoms with Crippen molar-refractivity contribution in [2.45, 2.75) is 43.7 Å². The number of amides is 2. The van der Waals surface area contributed by atoms with Gasteiger partial charge in [-0.05, 0) is 48.6 Å². The van der Waals surface area contributed by atoms with Gasteiger partial charge >= 0.3 is 5.97 Å². The third-order valence-corrected chi connectivity index (χ3v) is 7.58. The van der Waals surface area contributed by atoms with Gasteiger partial charge in [0.05, 0.1) is 11.5 Å². The third kappa shape index (κ3) is 8.15. The number of carbonyl (C=O) groups is 3. The molecule has 38 heavy (non-hydrogen) atoms. The van der Waals surface area contributed by atoms with E-state index in [1.165, 1.54) is 12.1 Å². The Hall–Kier alpha value is -3.71. The molecule has 1 aliphatic heterocycles. The van der Waals surface area contributed by atoms with Crippen LogP contribution in [0.1, 0.15) is 32.6 Å².